The van der Waals surface area contributed by atoms with Crippen LogP contribution in [0.1, 0.15) is 53.6 Å². The first-order chi connectivity index (χ1) is 15.1. The number of nitrogens with one attached hydrogen (secondary N) is 2. The predicted octanol–water partition coefficient (Wildman–Crippen LogP) is 1.54. The molecule has 2 saturated heterocycles. The SMILES string of the molecule is O=C1CCC(N2Cc3cc(C4=CCN(CC5CCNCC5)CC4)ccc3C2=O)C(=O)N1. The van der Waals surface area contributed by atoms with Crippen LogP contribution in [0.4, 0.5) is 0 Å². The van der Waals surface area contributed by atoms with Gasteiger partial charge in [-0.1, -0.05) is 12.1 Å². The number of carbonyl (C=O) groups excluding carboxylic acids is 3. The van der Waals surface area contributed by atoms with E-state index >= 15 is 0 Å². The maximum atomic E-state index is 12.9. The molecular formula is C24H30N4O3. The molecule has 0 aromatic heterocycles. The zero-order chi connectivity index (χ0) is 21.4. The summed E-state index contributed by atoms with van der Waals surface area (Å²) in [4.78, 5) is 40.7. The normalized spacial score (nSPS) is 25.4. The lowest BCUT2D eigenvalue weighted by Gasteiger charge is -2.32. The second kappa shape index (κ2) is 8.55. The topological polar surface area (TPSA) is 81.8 Å². The zero-order valence-corrected chi connectivity index (χ0v) is 17.9. The fraction of sp³-hybridized carbons (Fsp3) is 0.542. The van der Waals surface area contributed by atoms with Crippen LogP contribution in [0.15, 0.2) is 24.3 Å². The number of carbonyl (C=O) groups is 3. The predicted molar refractivity (Wildman–Crippen MR) is 117 cm³/mol. The Labute approximate surface area is 182 Å². The Morgan fingerprint density at radius 1 is 1.03 bits per heavy atom. The lowest BCUT2D eigenvalue weighted by atomic mass is 9.94. The van der Waals surface area contributed by atoms with Crippen molar-refractivity contribution in [3.8, 4) is 0 Å². The molecule has 4 aliphatic heterocycles. The summed E-state index contributed by atoms with van der Waals surface area (Å²) in [7, 11) is 0. The minimum Gasteiger partial charge on any atom is -0.322 e. The first-order valence-electron chi connectivity index (χ1n) is 11.5. The van der Waals surface area contributed by atoms with Crippen LogP contribution in [0.25, 0.3) is 5.57 Å². The molecule has 31 heavy (non-hydrogen) atoms. The molecule has 0 spiro atoms. The maximum absolute atomic E-state index is 12.9. The average molecular weight is 423 g/mol. The summed E-state index contributed by atoms with van der Waals surface area (Å²) in [5.74, 6) is 0.0786. The molecule has 0 aliphatic carbocycles. The highest BCUT2D eigenvalue weighted by Crippen LogP contribution is 2.31. The van der Waals surface area contributed by atoms with Crippen molar-refractivity contribution >= 4 is 23.3 Å². The van der Waals surface area contributed by atoms with E-state index in [0.717, 1.165) is 44.1 Å². The summed E-state index contributed by atoms with van der Waals surface area (Å²) >= 11 is 0. The van der Waals surface area contributed by atoms with E-state index in [0.29, 0.717) is 18.5 Å². The van der Waals surface area contributed by atoms with Gasteiger partial charge in [0.05, 0.1) is 0 Å². The number of imide groups is 1. The largest absolute Gasteiger partial charge is 0.322 e. The first-order valence-corrected chi connectivity index (χ1v) is 11.5. The maximum Gasteiger partial charge on any atom is 0.255 e. The van der Waals surface area contributed by atoms with Crippen LogP contribution >= 0.6 is 0 Å². The monoisotopic (exact) mass is 422 g/mol. The first kappa shape index (κ1) is 20.4. The Hall–Kier alpha value is -2.51. The lowest BCUT2D eigenvalue weighted by Crippen LogP contribution is -2.52. The molecule has 0 saturated carbocycles. The van der Waals surface area contributed by atoms with E-state index in [1.807, 2.05) is 12.1 Å². The number of hydrogen-bond donors (Lipinski definition) is 2. The van der Waals surface area contributed by atoms with Crippen LogP contribution in [0.5, 0.6) is 0 Å². The molecule has 1 aromatic carbocycles. The molecule has 4 heterocycles. The summed E-state index contributed by atoms with van der Waals surface area (Å²) in [5, 5.41) is 5.80. The molecule has 0 radical (unpaired) electrons. The fourth-order valence-corrected chi connectivity index (χ4v) is 5.34. The van der Waals surface area contributed by atoms with Crippen LogP contribution in [0.3, 0.4) is 0 Å². The van der Waals surface area contributed by atoms with E-state index in [1.54, 1.807) is 4.90 Å². The Morgan fingerprint density at radius 2 is 1.87 bits per heavy atom. The summed E-state index contributed by atoms with van der Waals surface area (Å²) in [6.45, 7) is 5.97. The lowest BCUT2D eigenvalue weighted by molar-refractivity contribution is -0.136. The molecule has 7 nitrogen and oxygen atoms in total. The van der Waals surface area contributed by atoms with Gasteiger partial charge >= 0.3 is 0 Å². The van der Waals surface area contributed by atoms with Crippen molar-refractivity contribution in [1.29, 1.82) is 0 Å². The highest BCUT2D eigenvalue weighted by Gasteiger charge is 2.39. The molecule has 1 aromatic rings. The van der Waals surface area contributed by atoms with E-state index in [4.69, 9.17) is 0 Å². The van der Waals surface area contributed by atoms with Gasteiger partial charge in [-0.3, -0.25) is 24.6 Å². The van der Waals surface area contributed by atoms with Gasteiger partial charge in [0.1, 0.15) is 6.04 Å². The molecule has 7 heteroatoms. The van der Waals surface area contributed by atoms with Crippen LogP contribution in [-0.2, 0) is 16.1 Å². The molecule has 3 amide bonds. The van der Waals surface area contributed by atoms with Crippen molar-refractivity contribution in [2.45, 2.75) is 44.7 Å². The van der Waals surface area contributed by atoms with Gasteiger partial charge in [-0.05, 0) is 73.5 Å². The highest BCUT2D eigenvalue weighted by atomic mass is 16.2. The van der Waals surface area contributed by atoms with Gasteiger partial charge < -0.3 is 10.2 Å². The van der Waals surface area contributed by atoms with Gasteiger partial charge in [0, 0.05) is 38.2 Å². The van der Waals surface area contributed by atoms with Crippen LogP contribution in [0, 0.1) is 5.92 Å². The molecule has 4 aliphatic rings. The van der Waals surface area contributed by atoms with Crippen LogP contribution < -0.4 is 10.6 Å². The van der Waals surface area contributed by atoms with Gasteiger partial charge in [0.2, 0.25) is 11.8 Å². The second-order valence-electron chi connectivity index (χ2n) is 9.20. The molecule has 0 bridgehead atoms. The number of hydrogen-bond acceptors (Lipinski definition) is 5. The van der Waals surface area contributed by atoms with Gasteiger partial charge in [-0.15, -0.1) is 0 Å². The van der Waals surface area contributed by atoms with Crippen molar-refractivity contribution < 1.29 is 14.4 Å². The van der Waals surface area contributed by atoms with E-state index in [2.05, 4.69) is 27.7 Å². The molecular weight excluding hydrogens is 392 g/mol. The Balaban J connectivity index is 1.25. The summed E-state index contributed by atoms with van der Waals surface area (Å²) in [5.41, 5.74) is 4.18. The Morgan fingerprint density at radius 3 is 2.61 bits per heavy atom. The number of benzene rings is 1. The van der Waals surface area contributed by atoms with Crippen LogP contribution in [0.2, 0.25) is 0 Å². The number of fused-ring (bicyclic) bond motifs is 1. The zero-order valence-electron chi connectivity index (χ0n) is 17.9. The van der Waals surface area contributed by atoms with Crippen molar-refractivity contribution in [1.82, 2.24) is 20.4 Å². The van der Waals surface area contributed by atoms with E-state index < -0.39 is 6.04 Å². The van der Waals surface area contributed by atoms with Gasteiger partial charge in [-0.2, -0.15) is 0 Å². The molecule has 1 atom stereocenters. The second-order valence-corrected chi connectivity index (χ2v) is 9.20. The van der Waals surface area contributed by atoms with Crippen LogP contribution in [-0.4, -0.2) is 66.3 Å². The highest BCUT2D eigenvalue weighted by molar-refractivity contribution is 6.05. The number of rotatable bonds is 4. The third-order valence-corrected chi connectivity index (χ3v) is 7.16. The summed E-state index contributed by atoms with van der Waals surface area (Å²) < 4.78 is 0. The molecule has 5 rings (SSSR count). The summed E-state index contributed by atoms with van der Waals surface area (Å²) in [6, 6.07) is 5.51. The van der Waals surface area contributed by atoms with E-state index in [-0.39, 0.29) is 24.1 Å². The van der Waals surface area contributed by atoms with E-state index in [1.165, 1.54) is 30.5 Å². The molecule has 2 N–H and O–H groups in total. The molecule has 164 valence electrons. The van der Waals surface area contributed by atoms with Crippen molar-refractivity contribution in [2.24, 2.45) is 5.92 Å². The van der Waals surface area contributed by atoms with Gasteiger partial charge in [0.25, 0.3) is 5.91 Å². The smallest absolute Gasteiger partial charge is 0.255 e. The minimum absolute atomic E-state index is 0.109. The standard InChI is InChI=1S/C24H30N4O3/c29-22-4-3-21(23(30)26-22)28-15-19-13-18(1-2-20(19)24(28)31)17-7-11-27(12-8-17)14-16-5-9-25-10-6-16/h1-2,7,13,16,21,25H,3-6,8-12,14-15H2,(H,26,29,30). The van der Waals surface area contributed by atoms with E-state index in [9.17, 15) is 14.4 Å². The Kier molecular flexibility index (Phi) is 5.63. The van der Waals surface area contributed by atoms with Crippen molar-refractivity contribution in [3.05, 3.63) is 41.0 Å². The van der Waals surface area contributed by atoms with Crippen molar-refractivity contribution in [3.63, 3.8) is 0 Å². The Bertz CT molecular complexity index is 935. The van der Waals surface area contributed by atoms with Gasteiger partial charge in [0.15, 0.2) is 0 Å². The average Bonchev–Trinajstić information content (AvgIpc) is 3.10. The fourth-order valence-electron chi connectivity index (χ4n) is 5.34. The quantitative estimate of drug-likeness (QED) is 0.720. The number of nitrogens with zero attached hydrogens (tertiary/aromatic N) is 2. The summed E-state index contributed by atoms with van der Waals surface area (Å²) in [6.07, 6.45) is 6.58. The third kappa shape index (κ3) is 4.16. The third-order valence-electron chi connectivity index (χ3n) is 7.16. The number of piperidine rings is 2. The van der Waals surface area contributed by atoms with Crippen molar-refractivity contribution in [2.75, 3.05) is 32.7 Å². The molecule has 2 fully saturated rings. The van der Waals surface area contributed by atoms with Gasteiger partial charge in [-0.25, -0.2) is 0 Å². The minimum atomic E-state index is -0.557. The molecule has 1 unspecified atom stereocenters. The number of amides is 3.